The first-order valence-corrected chi connectivity index (χ1v) is 14.6. The highest BCUT2D eigenvalue weighted by Gasteiger charge is 2.37. The lowest BCUT2D eigenvalue weighted by Gasteiger charge is -2.38. The van der Waals surface area contributed by atoms with Crippen LogP contribution in [0.3, 0.4) is 0 Å². The van der Waals surface area contributed by atoms with Gasteiger partial charge in [-0.25, -0.2) is 4.98 Å². The van der Waals surface area contributed by atoms with Crippen LogP contribution in [0.4, 0.5) is 10.8 Å². The molecule has 2 amide bonds. The van der Waals surface area contributed by atoms with Crippen LogP contribution in [-0.4, -0.2) is 58.8 Å². The maximum Gasteiger partial charge on any atom is 0.255 e. The number of rotatable bonds is 7. The van der Waals surface area contributed by atoms with Crippen LogP contribution in [0.2, 0.25) is 0 Å². The van der Waals surface area contributed by atoms with E-state index < -0.39 is 6.04 Å². The van der Waals surface area contributed by atoms with E-state index in [0.717, 1.165) is 48.4 Å². The summed E-state index contributed by atoms with van der Waals surface area (Å²) in [5.41, 5.74) is 5.76. The number of carbonyl (C=O) groups is 2. The molecule has 3 aromatic carbocycles. The third-order valence-corrected chi connectivity index (χ3v) is 8.57. The summed E-state index contributed by atoms with van der Waals surface area (Å²) in [6.45, 7) is 9.12. The number of nitrogens with zero attached hydrogens (tertiary/aromatic N) is 4. The van der Waals surface area contributed by atoms with Crippen LogP contribution in [0.1, 0.15) is 41.4 Å². The molecule has 40 heavy (non-hydrogen) atoms. The van der Waals surface area contributed by atoms with Gasteiger partial charge in [0.25, 0.3) is 11.8 Å². The third-order valence-electron chi connectivity index (χ3n) is 7.89. The molecule has 0 aliphatic carbocycles. The smallest absolute Gasteiger partial charge is 0.255 e. The molecule has 6 rings (SSSR count). The fourth-order valence-electron chi connectivity index (χ4n) is 5.66. The summed E-state index contributed by atoms with van der Waals surface area (Å²) in [4.78, 5) is 37.8. The van der Waals surface area contributed by atoms with Crippen LogP contribution in [-0.2, 0) is 11.3 Å². The third kappa shape index (κ3) is 5.24. The molecule has 1 saturated heterocycles. The number of hydrogen-bond donors (Lipinski definition) is 1. The lowest BCUT2D eigenvalue weighted by molar-refractivity contribution is -0.120. The van der Waals surface area contributed by atoms with Crippen molar-refractivity contribution in [3.63, 3.8) is 0 Å². The molecule has 3 heterocycles. The van der Waals surface area contributed by atoms with Gasteiger partial charge in [-0.05, 0) is 60.4 Å². The molecule has 0 saturated carbocycles. The molecular formula is C32H33N5O2S. The second kappa shape index (κ2) is 11.2. The Kier molecular flexibility index (Phi) is 7.36. The van der Waals surface area contributed by atoms with E-state index in [2.05, 4.69) is 64.3 Å². The molecule has 0 unspecified atom stereocenters. The molecule has 7 nitrogen and oxygen atoms in total. The van der Waals surface area contributed by atoms with Crippen LogP contribution in [0.25, 0.3) is 11.1 Å². The van der Waals surface area contributed by atoms with Crippen LogP contribution in [0.15, 0.2) is 84.4 Å². The first-order chi connectivity index (χ1) is 19.5. The second-order valence-electron chi connectivity index (χ2n) is 10.6. The van der Waals surface area contributed by atoms with Gasteiger partial charge in [0.2, 0.25) is 0 Å². The molecule has 4 aromatic rings. The van der Waals surface area contributed by atoms with Gasteiger partial charge in [0, 0.05) is 61.6 Å². The van der Waals surface area contributed by atoms with Crippen molar-refractivity contribution >= 4 is 34.0 Å². The van der Waals surface area contributed by atoms with E-state index in [-0.39, 0.29) is 11.8 Å². The predicted octanol–water partition coefficient (Wildman–Crippen LogP) is 5.68. The number of thiazole rings is 1. The molecule has 0 bridgehead atoms. The Hall–Kier alpha value is -4.01. The van der Waals surface area contributed by atoms with E-state index in [0.29, 0.717) is 23.3 Å². The highest BCUT2D eigenvalue weighted by molar-refractivity contribution is 7.13. The van der Waals surface area contributed by atoms with E-state index in [9.17, 15) is 9.59 Å². The number of carbonyl (C=O) groups excluding carboxylic acids is 2. The number of anilines is 2. The number of benzene rings is 3. The maximum atomic E-state index is 13.6. The zero-order valence-electron chi connectivity index (χ0n) is 22.8. The summed E-state index contributed by atoms with van der Waals surface area (Å²) in [5.74, 6) is -0.409. The minimum Gasteiger partial charge on any atom is -0.369 e. The molecule has 204 valence electrons. The molecule has 2 aliphatic rings. The Morgan fingerprint density at radius 3 is 2.33 bits per heavy atom. The summed E-state index contributed by atoms with van der Waals surface area (Å²) in [6.07, 6.45) is 1.65. The number of nitrogens with one attached hydrogen (secondary N) is 1. The minimum absolute atomic E-state index is 0.138. The summed E-state index contributed by atoms with van der Waals surface area (Å²) in [7, 11) is 0. The average molecular weight is 552 g/mol. The molecule has 2 aliphatic heterocycles. The van der Waals surface area contributed by atoms with Crippen molar-refractivity contribution in [2.75, 3.05) is 36.4 Å². The van der Waals surface area contributed by atoms with Crippen molar-refractivity contribution in [3.8, 4) is 11.1 Å². The molecular weight excluding hydrogens is 518 g/mol. The van der Waals surface area contributed by atoms with E-state index in [1.165, 1.54) is 17.0 Å². The predicted molar refractivity (Wildman–Crippen MR) is 161 cm³/mol. The number of piperazine rings is 1. The Labute approximate surface area is 239 Å². The first kappa shape index (κ1) is 26.2. The monoisotopic (exact) mass is 551 g/mol. The Morgan fingerprint density at radius 2 is 1.65 bits per heavy atom. The lowest BCUT2D eigenvalue weighted by atomic mass is 10.00. The van der Waals surface area contributed by atoms with Crippen molar-refractivity contribution in [1.29, 1.82) is 0 Å². The van der Waals surface area contributed by atoms with Crippen molar-refractivity contribution in [2.45, 2.75) is 32.5 Å². The van der Waals surface area contributed by atoms with Gasteiger partial charge in [0.15, 0.2) is 5.13 Å². The molecule has 1 atom stereocenters. The normalized spacial score (nSPS) is 16.3. The summed E-state index contributed by atoms with van der Waals surface area (Å²) < 4.78 is 0. The number of aromatic nitrogens is 1. The number of amides is 2. The van der Waals surface area contributed by atoms with Crippen molar-refractivity contribution in [3.05, 3.63) is 101 Å². The van der Waals surface area contributed by atoms with E-state index in [1.807, 2.05) is 47.8 Å². The molecule has 8 heteroatoms. The standard InChI is InChI=1S/C32H33N5O2S/c1-22(2)35-15-17-36(18-16-35)27-11-8-23(9-12-27)25-10-13-28-26(20-25)21-37(31(28)39)29(24-6-4-3-5-7-24)30(38)34-32-33-14-19-40-32/h3-14,19-20,22,29H,15-18,21H2,1-2H3,(H,33,34,38)/t29-/m0/s1. The van der Waals surface area contributed by atoms with Gasteiger partial charge >= 0.3 is 0 Å². The molecule has 0 spiro atoms. The van der Waals surface area contributed by atoms with Crippen molar-refractivity contribution in [1.82, 2.24) is 14.8 Å². The van der Waals surface area contributed by atoms with Gasteiger partial charge in [-0.3, -0.25) is 19.8 Å². The summed E-state index contributed by atoms with van der Waals surface area (Å²) in [5, 5.41) is 5.22. The van der Waals surface area contributed by atoms with Crippen molar-refractivity contribution < 1.29 is 9.59 Å². The van der Waals surface area contributed by atoms with Crippen LogP contribution in [0, 0.1) is 0 Å². The minimum atomic E-state index is -0.760. The fourth-order valence-corrected chi connectivity index (χ4v) is 6.19. The topological polar surface area (TPSA) is 68.8 Å². The van der Waals surface area contributed by atoms with Crippen LogP contribution >= 0.6 is 11.3 Å². The highest BCUT2D eigenvalue weighted by atomic mass is 32.1. The van der Waals surface area contributed by atoms with Gasteiger partial charge in [-0.15, -0.1) is 11.3 Å². The maximum absolute atomic E-state index is 13.6. The van der Waals surface area contributed by atoms with Gasteiger partial charge in [0.1, 0.15) is 6.04 Å². The summed E-state index contributed by atoms with van der Waals surface area (Å²) in [6, 6.07) is 24.0. The van der Waals surface area contributed by atoms with Crippen molar-refractivity contribution in [2.24, 2.45) is 0 Å². The first-order valence-electron chi connectivity index (χ1n) is 13.8. The fraction of sp³-hybridized carbons (Fsp3) is 0.281. The van der Waals surface area contributed by atoms with E-state index in [1.54, 1.807) is 11.1 Å². The second-order valence-corrected chi connectivity index (χ2v) is 11.5. The highest BCUT2D eigenvalue weighted by Crippen LogP contribution is 2.35. The largest absolute Gasteiger partial charge is 0.369 e. The Balaban J connectivity index is 1.21. The lowest BCUT2D eigenvalue weighted by Crippen LogP contribution is -2.48. The summed E-state index contributed by atoms with van der Waals surface area (Å²) >= 11 is 1.35. The van der Waals surface area contributed by atoms with Gasteiger partial charge in [0.05, 0.1) is 0 Å². The van der Waals surface area contributed by atoms with E-state index in [4.69, 9.17) is 0 Å². The molecule has 1 N–H and O–H groups in total. The Bertz CT molecular complexity index is 1480. The van der Waals surface area contributed by atoms with Gasteiger partial charge < -0.3 is 9.80 Å². The number of hydrogen-bond acceptors (Lipinski definition) is 6. The molecule has 1 aromatic heterocycles. The van der Waals surface area contributed by atoms with Gasteiger partial charge in [-0.2, -0.15) is 0 Å². The average Bonchev–Trinajstić information content (AvgIpc) is 3.61. The van der Waals surface area contributed by atoms with Gasteiger partial charge in [-0.1, -0.05) is 48.5 Å². The van der Waals surface area contributed by atoms with E-state index >= 15 is 0 Å². The molecule has 0 radical (unpaired) electrons. The number of fused-ring (bicyclic) bond motifs is 1. The van der Waals surface area contributed by atoms with Crippen LogP contribution < -0.4 is 10.2 Å². The zero-order chi connectivity index (χ0) is 27.6. The SMILES string of the molecule is CC(C)N1CCN(c2ccc(-c3ccc4c(c3)CN([C@H](C(=O)Nc3nccs3)c3ccccc3)C4=O)cc2)CC1. The molecule has 1 fully saturated rings. The zero-order valence-corrected chi connectivity index (χ0v) is 23.6. The quantitative estimate of drug-likeness (QED) is 0.320. The Morgan fingerprint density at radius 1 is 0.925 bits per heavy atom. The van der Waals surface area contributed by atoms with Crippen LogP contribution in [0.5, 0.6) is 0 Å².